The van der Waals surface area contributed by atoms with E-state index in [2.05, 4.69) is 42.3 Å². The molecule has 0 unspecified atom stereocenters. The fourth-order valence-electron chi connectivity index (χ4n) is 3.32. The molecule has 0 aliphatic carbocycles. The van der Waals surface area contributed by atoms with E-state index >= 15 is 0 Å². The molecule has 3 nitrogen and oxygen atoms in total. The summed E-state index contributed by atoms with van der Waals surface area (Å²) in [4.78, 5) is 15.0. The summed E-state index contributed by atoms with van der Waals surface area (Å²) in [7, 11) is 0. The molecule has 1 amide bonds. The predicted octanol–water partition coefficient (Wildman–Crippen LogP) is 4.81. The maximum atomic E-state index is 12.7. The summed E-state index contributed by atoms with van der Waals surface area (Å²) in [6.07, 6.45) is 2.01. The third-order valence-electron chi connectivity index (χ3n) is 4.97. The van der Waals surface area contributed by atoms with Crippen molar-refractivity contribution in [3.05, 3.63) is 64.2 Å². The van der Waals surface area contributed by atoms with E-state index in [9.17, 15) is 4.79 Å². The zero-order valence-electron chi connectivity index (χ0n) is 14.9. The number of amides is 1. The molecule has 2 aromatic rings. The van der Waals surface area contributed by atoms with Crippen molar-refractivity contribution in [2.75, 3.05) is 18.4 Å². The van der Waals surface area contributed by atoms with Gasteiger partial charge in [0.2, 0.25) is 5.91 Å². The van der Waals surface area contributed by atoms with Gasteiger partial charge in [-0.25, -0.2) is 0 Å². The molecule has 0 saturated carbocycles. The summed E-state index contributed by atoms with van der Waals surface area (Å²) in [6, 6.07) is 14.0. The van der Waals surface area contributed by atoms with Crippen LogP contribution in [0.25, 0.3) is 0 Å². The topological polar surface area (TPSA) is 32.3 Å². The SMILES string of the molecule is Cc1ccc(NC(=O)[C@@H]2CCCN(Cc3ccc(Cl)cc3)C2)cc1C. The van der Waals surface area contributed by atoms with Crippen LogP contribution in [-0.2, 0) is 11.3 Å². The molecule has 4 heteroatoms. The van der Waals surface area contributed by atoms with Gasteiger partial charge < -0.3 is 5.32 Å². The zero-order valence-corrected chi connectivity index (χ0v) is 15.6. The minimum Gasteiger partial charge on any atom is -0.326 e. The van der Waals surface area contributed by atoms with Gasteiger partial charge in [-0.05, 0) is 74.2 Å². The molecule has 1 fully saturated rings. The monoisotopic (exact) mass is 356 g/mol. The largest absolute Gasteiger partial charge is 0.326 e. The molecule has 0 aromatic heterocycles. The number of benzene rings is 2. The van der Waals surface area contributed by atoms with Crippen LogP contribution in [0.15, 0.2) is 42.5 Å². The number of likely N-dealkylation sites (tertiary alicyclic amines) is 1. The van der Waals surface area contributed by atoms with Gasteiger partial charge in [0.05, 0.1) is 5.92 Å². The number of hydrogen-bond acceptors (Lipinski definition) is 2. The zero-order chi connectivity index (χ0) is 17.8. The first-order chi connectivity index (χ1) is 12.0. The van der Waals surface area contributed by atoms with Crippen molar-refractivity contribution in [2.45, 2.75) is 33.2 Å². The summed E-state index contributed by atoms with van der Waals surface area (Å²) in [5.74, 6) is 0.173. The van der Waals surface area contributed by atoms with Crippen LogP contribution in [0.3, 0.4) is 0 Å². The Morgan fingerprint density at radius 1 is 1.16 bits per heavy atom. The standard InChI is InChI=1S/C21H25ClN2O/c1-15-5-10-20(12-16(15)2)23-21(25)18-4-3-11-24(14-18)13-17-6-8-19(22)9-7-17/h5-10,12,18H,3-4,11,13-14H2,1-2H3,(H,23,25)/t18-/m1/s1. The lowest BCUT2D eigenvalue weighted by Gasteiger charge is -2.32. The van der Waals surface area contributed by atoms with Gasteiger partial charge in [-0.3, -0.25) is 9.69 Å². The Morgan fingerprint density at radius 2 is 1.92 bits per heavy atom. The second kappa shape index (κ2) is 8.03. The van der Waals surface area contributed by atoms with Gasteiger partial charge in [0.25, 0.3) is 0 Å². The van der Waals surface area contributed by atoms with Crippen LogP contribution in [0.1, 0.15) is 29.5 Å². The maximum absolute atomic E-state index is 12.7. The number of halogens is 1. The molecule has 2 aromatic carbocycles. The van der Waals surface area contributed by atoms with Gasteiger partial charge in [-0.15, -0.1) is 0 Å². The number of rotatable bonds is 4. The predicted molar refractivity (Wildman–Crippen MR) is 104 cm³/mol. The molecule has 1 aliphatic heterocycles. The van der Waals surface area contributed by atoms with Gasteiger partial charge >= 0.3 is 0 Å². The first kappa shape index (κ1) is 18.0. The van der Waals surface area contributed by atoms with Crippen LogP contribution in [0.4, 0.5) is 5.69 Å². The Morgan fingerprint density at radius 3 is 2.64 bits per heavy atom. The highest BCUT2D eigenvalue weighted by Crippen LogP contribution is 2.22. The fourth-order valence-corrected chi connectivity index (χ4v) is 3.45. The number of anilines is 1. The van der Waals surface area contributed by atoms with Gasteiger partial charge in [0.1, 0.15) is 0 Å². The first-order valence-corrected chi connectivity index (χ1v) is 9.24. The maximum Gasteiger partial charge on any atom is 0.228 e. The highest BCUT2D eigenvalue weighted by atomic mass is 35.5. The smallest absolute Gasteiger partial charge is 0.228 e. The molecule has 0 radical (unpaired) electrons. The van der Waals surface area contributed by atoms with E-state index in [0.717, 1.165) is 43.2 Å². The third-order valence-corrected chi connectivity index (χ3v) is 5.22. The second-order valence-corrected chi connectivity index (χ2v) is 7.43. The molecule has 1 heterocycles. The lowest BCUT2D eigenvalue weighted by Crippen LogP contribution is -2.40. The van der Waals surface area contributed by atoms with E-state index < -0.39 is 0 Å². The molecule has 132 valence electrons. The molecule has 25 heavy (non-hydrogen) atoms. The van der Waals surface area contributed by atoms with Crippen LogP contribution >= 0.6 is 11.6 Å². The summed E-state index contributed by atoms with van der Waals surface area (Å²) >= 11 is 5.95. The number of carbonyl (C=O) groups is 1. The van der Waals surface area contributed by atoms with Crippen LogP contribution < -0.4 is 5.32 Å². The number of aryl methyl sites for hydroxylation is 2. The fraction of sp³-hybridized carbons (Fsp3) is 0.381. The molecule has 1 N–H and O–H groups in total. The van der Waals surface area contributed by atoms with Crippen LogP contribution in [-0.4, -0.2) is 23.9 Å². The number of hydrogen-bond donors (Lipinski definition) is 1. The minimum absolute atomic E-state index is 0.0441. The number of piperidine rings is 1. The van der Waals surface area contributed by atoms with Gasteiger partial charge in [0.15, 0.2) is 0 Å². The Hall–Kier alpha value is -1.84. The van der Waals surface area contributed by atoms with Crippen molar-refractivity contribution >= 4 is 23.2 Å². The van der Waals surface area contributed by atoms with Gasteiger partial charge in [-0.1, -0.05) is 29.8 Å². The Kier molecular flexibility index (Phi) is 5.77. The second-order valence-electron chi connectivity index (χ2n) is 6.99. The highest BCUT2D eigenvalue weighted by molar-refractivity contribution is 6.30. The van der Waals surface area contributed by atoms with Crippen molar-refractivity contribution in [3.8, 4) is 0 Å². The average molecular weight is 357 g/mol. The summed E-state index contributed by atoms with van der Waals surface area (Å²) < 4.78 is 0. The Balaban J connectivity index is 1.59. The Bertz CT molecular complexity index is 742. The van der Waals surface area contributed by atoms with E-state index in [0.29, 0.717) is 0 Å². The first-order valence-electron chi connectivity index (χ1n) is 8.86. The Labute approximate surface area is 155 Å². The highest BCUT2D eigenvalue weighted by Gasteiger charge is 2.25. The number of nitrogens with zero attached hydrogens (tertiary/aromatic N) is 1. The summed E-state index contributed by atoms with van der Waals surface area (Å²) in [5.41, 5.74) is 4.57. The van der Waals surface area contributed by atoms with Gasteiger partial charge in [-0.2, -0.15) is 0 Å². The normalized spacial score (nSPS) is 18.1. The van der Waals surface area contributed by atoms with Crippen molar-refractivity contribution in [3.63, 3.8) is 0 Å². The lowest BCUT2D eigenvalue weighted by atomic mass is 9.96. The van der Waals surface area contributed by atoms with E-state index in [1.165, 1.54) is 16.7 Å². The van der Waals surface area contributed by atoms with Crippen LogP contribution in [0.5, 0.6) is 0 Å². The summed E-state index contributed by atoms with van der Waals surface area (Å²) in [5, 5.41) is 3.85. The van der Waals surface area contributed by atoms with Crippen molar-refractivity contribution < 1.29 is 4.79 Å². The molecule has 1 saturated heterocycles. The molecule has 0 spiro atoms. The quantitative estimate of drug-likeness (QED) is 0.852. The number of nitrogens with one attached hydrogen (secondary N) is 1. The molecule has 0 bridgehead atoms. The minimum atomic E-state index is 0.0441. The van der Waals surface area contributed by atoms with Crippen LogP contribution in [0.2, 0.25) is 5.02 Å². The number of carbonyl (C=O) groups excluding carboxylic acids is 1. The molecule has 1 atom stereocenters. The molecule has 1 aliphatic rings. The van der Waals surface area contributed by atoms with E-state index in [4.69, 9.17) is 11.6 Å². The van der Waals surface area contributed by atoms with Crippen LogP contribution in [0, 0.1) is 19.8 Å². The van der Waals surface area contributed by atoms with Crippen molar-refractivity contribution in [1.29, 1.82) is 0 Å². The summed E-state index contributed by atoms with van der Waals surface area (Å²) in [6.45, 7) is 6.86. The van der Waals surface area contributed by atoms with E-state index in [-0.39, 0.29) is 11.8 Å². The van der Waals surface area contributed by atoms with Crippen molar-refractivity contribution in [2.24, 2.45) is 5.92 Å². The average Bonchev–Trinajstić information content (AvgIpc) is 2.60. The molecular weight excluding hydrogens is 332 g/mol. The molecular formula is C21H25ClN2O. The third kappa shape index (κ3) is 4.83. The van der Waals surface area contributed by atoms with E-state index in [1.54, 1.807) is 0 Å². The lowest BCUT2D eigenvalue weighted by molar-refractivity contribution is -0.121. The molecule has 3 rings (SSSR count). The van der Waals surface area contributed by atoms with E-state index in [1.807, 2.05) is 24.3 Å². The van der Waals surface area contributed by atoms with Crippen molar-refractivity contribution in [1.82, 2.24) is 4.90 Å². The van der Waals surface area contributed by atoms with Gasteiger partial charge in [0, 0.05) is 23.8 Å².